The average molecular weight is 321 g/mol. The van der Waals surface area contributed by atoms with Crippen molar-refractivity contribution in [1.82, 2.24) is 0 Å². The molecule has 0 aliphatic heterocycles. The summed E-state index contributed by atoms with van der Waals surface area (Å²) >= 11 is 0. The van der Waals surface area contributed by atoms with Crippen LogP contribution < -0.4 is 0 Å². The smallest absolute Gasteiger partial charge is 0.377 e. The molecule has 0 aromatic rings. The molecule has 0 fully saturated rings. The first-order valence-electron chi connectivity index (χ1n) is 8.74. The second-order valence-corrected chi connectivity index (χ2v) is 7.68. The molecule has 0 aromatic carbocycles. The molecule has 4 nitrogen and oxygen atoms in total. The van der Waals surface area contributed by atoms with E-state index < -0.39 is 8.80 Å². The minimum atomic E-state index is -2.60. The topological polar surface area (TPSA) is 36.9 Å². The first kappa shape index (κ1) is 21.1. The monoisotopic (exact) mass is 320 g/mol. The van der Waals surface area contributed by atoms with Gasteiger partial charge in [-0.25, -0.2) is 0 Å². The maximum atomic E-state index is 5.77. The van der Waals surface area contributed by atoms with Crippen molar-refractivity contribution >= 4 is 8.80 Å². The lowest BCUT2D eigenvalue weighted by Gasteiger charge is -2.28. The molecule has 0 aliphatic rings. The lowest BCUT2D eigenvalue weighted by molar-refractivity contribution is 0.0294. The minimum Gasteiger partial charge on any atom is -0.377 e. The highest BCUT2D eigenvalue weighted by Gasteiger charge is 2.41. The number of hydrogen-bond acceptors (Lipinski definition) is 4. The van der Waals surface area contributed by atoms with E-state index in [0.29, 0.717) is 26.1 Å². The molecule has 5 heteroatoms. The third-order valence-electron chi connectivity index (χ3n) is 3.26. The third kappa shape index (κ3) is 11.3. The first-order valence-corrected chi connectivity index (χ1v) is 10.7. The maximum Gasteiger partial charge on any atom is 0.528 e. The summed E-state index contributed by atoms with van der Waals surface area (Å²) < 4.78 is 23.0. The van der Waals surface area contributed by atoms with E-state index in [4.69, 9.17) is 18.0 Å². The largest absolute Gasteiger partial charge is 0.528 e. The summed E-state index contributed by atoms with van der Waals surface area (Å²) in [4.78, 5) is 0. The fourth-order valence-electron chi connectivity index (χ4n) is 2.27. The van der Waals surface area contributed by atoms with E-state index in [1.165, 1.54) is 38.5 Å². The molecule has 0 atom stereocenters. The van der Waals surface area contributed by atoms with E-state index >= 15 is 0 Å². The van der Waals surface area contributed by atoms with Gasteiger partial charge in [0, 0.05) is 26.4 Å². The predicted molar refractivity (Wildman–Crippen MR) is 89.4 cm³/mol. The van der Waals surface area contributed by atoms with Gasteiger partial charge < -0.3 is 18.0 Å². The molecule has 0 aromatic heterocycles. The van der Waals surface area contributed by atoms with Gasteiger partial charge in [-0.15, -0.1) is 0 Å². The molecule has 21 heavy (non-hydrogen) atoms. The normalized spacial score (nSPS) is 12.0. The molecule has 0 spiro atoms. The van der Waals surface area contributed by atoms with Crippen LogP contribution in [0.25, 0.3) is 0 Å². The lowest BCUT2D eigenvalue weighted by Crippen LogP contribution is -2.51. The summed E-state index contributed by atoms with van der Waals surface area (Å²) in [5.74, 6) is 0. The molecule has 0 rings (SSSR count). The van der Waals surface area contributed by atoms with Gasteiger partial charge in [0.15, 0.2) is 0 Å². The van der Waals surface area contributed by atoms with Gasteiger partial charge in [-0.3, -0.25) is 0 Å². The fourth-order valence-corrected chi connectivity index (χ4v) is 4.48. The van der Waals surface area contributed by atoms with Gasteiger partial charge in [0.05, 0.1) is 0 Å². The molecular formula is C16H36O4Si. The van der Waals surface area contributed by atoms with Crippen LogP contribution in [0, 0.1) is 0 Å². The van der Waals surface area contributed by atoms with Gasteiger partial charge in [-0.05, 0) is 27.2 Å². The van der Waals surface area contributed by atoms with Crippen LogP contribution in [-0.4, -0.2) is 41.5 Å². The van der Waals surface area contributed by atoms with E-state index in [-0.39, 0.29) is 0 Å². The van der Waals surface area contributed by atoms with Crippen molar-refractivity contribution in [2.24, 2.45) is 0 Å². The van der Waals surface area contributed by atoms with E-state index in [0.717, 1.165) is 13.0 Å². The maximum absolute atomic E-state index is 5.77. The van der Waals surface area contributed by atoms with Gasteiger partial charge in [0.2, 0.25) is 0 Å². The minimum absolute atomic E-state index is 0.471. The Morgan fingerprint density at radius 1 is 0.619 bits per heavy atom. The lowest BCUT2D eigenvalue weighted by atomic mass is 10.1. The molecule has 0 bridgehead atoms. The van der Waals surface area contributed by atoms with Gasteiger partial charge >= 0.3 is 8.80 Å². The standard InChI is InChI=1S/C16H36O4Si/c1-5-9-10-11-12-13-14-15-17-16-21(18-6-2,19-7-3)20-8-4/h5-16H2,1-4H3. The molecule has 0 amide bonds. The van der Waals surface area contributed by atoms with Crippen LogP contribution in [0.5, 0.6) is 0 Å². The SMILES string of the molecule is CCCCCCCCCOC[Si](OCC)(OCC)OCC. The molecule has 128 valence electrons. The zero-order chi connectivity index (χ0) is 15.8. The Labute approximate surface area is 132 Å². The third-order valence-corrected chi connectivity index (χ3v) is 6.01. The van der Waals surface area contributed by atoms with Crippen LogP contribution in [0.15, 0.2) is 0 Å². The van der Waals surface area contributed by atoms with Crippen molar-refractivity contribution in [2.75, 3.05) is 32.7 Å². The zero-order valence-electron chi connectivity index (χ0n) is 14.6. The Bertz CT molecular complexity index is 197. The zero-order valence-corrected chi connectivity index (χ0v) is 15.6. The van der Waals surface area contributed by atoms with Crippen molar-refractivity contribution in [3.8, 4) is 0 Å². The highest BCUT2D eigenvalue weighted by Crippen LogP contribution is 2.12. The second-order valence-electron chi connectivity index (χ2n) is 5.16. The molecule has 0 radical (unpaired) electrons. The van der Waals surface area contributed by atoms with Crippen LogP contribution in [0.2, 0.25) is 0 Å². The number of unbranched alkanes of at least 4 members (excludes halogenated alkanes) is 6. The summed E-state index contributed by atoms with van der Waals surface area (Å²) in [6.07, 6.45) is 9.53. The summed E-state index contributed by atoms with van der Waals surface area (Å²) in [5, 5.41) is 0. The van der Waals surface area contributed by atoms with E-state index in [1.807, 2.05) is 20.8 Å². The van der Waals surface area contributed by atoms with E-state index in [2.05, 4.69) is 6.92 Å². The molecule has 0 saturated carbocycles. The van der Waals surface area contributed by atoms with Crippen molar-refractivity contribution in [3.63, 3.8) is 0 Å². The molecule has 0 heterocycles. The predicted octanol–water partition coefficient (Wildman–Crippen LogP) is 4.34. The van der Waals surface area contributed by atoms with Gasteiger partial charge in [0.25, 0.3) is 0 Å². The Morgan fingerprint density at radius 3 is 1.57 bits per heavy atom. The van der Waals surface area contributed by atoms with Gasteiger partial charge in [-0.2, -0.15) is 0 Å². The van der Waals surface area contributed by atoms with Crippen molar-refractivity contribution in [3.05, 3.63) is 0 Å². The van der Waals surface area contributed by atoms with Crippen LogP contribution in [0.4, 0.5) is 0 Å². The van der Waals surface area contributed by atoms with E-state index in [9.17, 15) is 0 Å². The molecule has 0 aliphatic carbocycles. The molecule has 0 saturated heterocycles. The van der Waals surface area contributed by atoms with Crippen molar-refractivity contribution in [2.45, 2.75) is 72.6 Å². The Balaban J connectivity index is 3.76. The Kier molecular flexibility index (Phi) is 15.0. The van der Waals surface area contributed by atoms with Crippen LogP contribution in [0.1, 0.15) is 72.6 Å². The highest BCUT2D eigenvalue weighted by atomic mass is 28.4. The summed E-state index contributed by atoms with van der Waals surface area (Å²) in [7, 11) is -2.60. The van der Waals surface area contributed by atoms with Crippen molar-refractivity contribution in [1.29, 1.82) is 0 Å². The average Bonchev–Trinajstić information content (AvgIpc) is 2.46. The van der Waals surface area contributed by atoms with Gasteiger partial charge in [-0.1, -0.05) is 45.4 Å². The molecule has 0 N–H and O–H groups in total. The van der Waals surface area contributed by atoms with Crippen LogP contribution in [0.3, 0.4) is 0 Å². The highest BCUT2D eigenvalue weighted by molar-refractivity contribution is 6.60. The fraction of sp³-hybridized carbons (Fsp3) is 1.00. The number of rotatable bonds is 16. The summed E-state index contributed by atoms with van der Waals surface area (Å²) in [6, 6.07) is 0. The second kappa shape index (κ2) is 15.0. The summed E-state index contributed by atoms with van der Waals surface area (Å²) in [6.45, 7) is 10.7. The Morgan fingerprint density at radius 2 is 1.10 bits per heavy atom. The number of hydrogen-bond donors (Lipinski definition) is 0. The van der Waals surface area contributed by atoms with Crippen LogP contribution >= 0.6 is 0 Å². The molecular weight excluding hydrogens is 284 g/mol. The summed E-state index contributed by atoms with van der Waals surface area (Å²) in [5.41, 5.74) is 0. The van der Waals surface area contributed by atoms with Crippen LogP contribution in [-0.2, 0) is 18.0 Å². The Hall–Kier alpha value is 0.0569. The van der Waals surface area contributed by atoms with E-state index in [1.54, 1.807) is 0 Å². The first-order chi connectivity index (χ1) is 10.2. The van der Waals surface area contributed by atoms with Gasteiger partial charge in [0.1, 0.15) is 6.23 Å². The quantitative estimate of drug-likeness (QED) is 0.313. The number of ether oxygens (including phenoxy) is 1. The molecule has 0 unspecified atom stereocenters. The van der Waals surface area contributed by atoms with Crippen molar-refractivity contribution < 1.29 is 18.0 Å².